The molecule has 0 aromatic carbocycles. The van der Waals surface area contributed by atoms with Gasteiger partial charge in [0.05, 0.1) is 24.3 Å². The number of hydrogen-bond acceptors (Lipinski definition) is 5. The van der Waals surface area contributed by atoms with Crippen LogP contribution < -0.4 is 4.74 Å². The lowest BCUT2D eigenvalue weighted by molar-refractivity contribution is 0.171. The van der Waals surface area contributed by atoms with E-state index >= 15 is 0 Å². The number of ether oxygens (including phenoxy) is 1. The first-order valence-corrected chi connectivity index (χ1v) is 7.89. The van der Waals surface area contributed by atoms with Crippen molar-refractivity contribution in [3.8, 4) is 5.75 Å². The summed E-state index contributed by atoms with van der Waals surface area (Å²) in [4.78, 5) is 2.05. The Bertz CT molecular complexity index is 590. The van der Waals surface area contributed by atoms with Crippen LogP contribution in [0.4, 0.5) is 0 Å². The average Bonchev–Trinajstić information content (AvgIpc) is 2.99. The molecule has 2 aromatic rings. The lowest BCUT2D eigenvalue weighted by atomic mass is 10.2. The van der Waals surface area contributed by atoms with Crippen LogP contribution in [0.15, 0.2) is 25.8 Å². The van der Waals surface area contributed by atoms with Crippen molar-refractivity contribution in [3.05, 3.63) is 32.9 Å². The van der Waals surface area contributed by atoms with Crippen LogP contribution in [0.3, 0.4) is 0 Å². The average molecular weight is 423 g/mol. The lowest BCUT2D eigenvalue weighted by Gasteiger charge is -2.15. The van der Waals surface area contributed by atoms with Crippen LogP contribution in [0.2, 0.25) is 0 Å². The normalized spacial score (nSPS) is 12.9. The first kappa shape index (κ1) is 16.5. The molecule has 8 heteroatoms. The van der Waals surface area contributed by atoms with E-state index in [0.29, 0.717) is 28.4 Å². The number of aliphatic hydroxyl groups is 1. The first-order valence-electron chi connectivity index (χ1n) is 6.31. The van der Waals surface area contributed by atoms with E-state index in [1.807, 2.05) is 19.0 Å². The van der Waals surface area contributed by atoms with E-state index < -0.39 is 6.10 Å². The van der Waals surface area contributed by atoms with E-state index in [1.165, 1.54) is 0 Å². The van der Waals surface area contributed by atoms with E-state index in [-0.39, 0.29) is 0 Å². The van der Waals surface area contributed by atoms with Crippen molar-refractivity contribution >= 4 is 31.9 Å². The van der Waals surface area contributed by atoms with E-state index in [0.717, 1.165) is 11.0 Å². The number of nitrogens with zero attached hydrogens (tertiary/aromatic N) is 3. The van der Waals surface area contributed by atoms with Crippen molar-refractivity contribution < 1.29 is 14.3 Å². The highest BCUT2D eigenvalue weighted by molar-refractivity contribution is 9.13. The zero-order valence-electron chi connectivity index (χ0n) is 12.0. The van der Waals surface area contributed by atoms with Gasteiger partial charge in [-0.25, -0.2) is 0 Å². The molecule has 0 saturated heterocycles. The van der Waals surface area contributed by atoms with Gasteiger partial charge in [-0.2, -0.15) is 5.10 Å². The third-order valence-electron chi connectivity index (χ3n) is 3.02. The predicted octanol–water partition coefficient (Wildman–Crippen LogP) is 2.65. The number of hydrogen-bond donors (Lipinski definition) is 1. The van der Waals surface area contributed by atoms with Crippen LogP contribution in [0.1, 0.15) is 17.6 Å². The van der Waals surface area contributed by atoms with Gasteiger partial charge in [-0.3, -0.25) is 4.68 Å². The molecule has 6 nitrogen and oxygen atoms in total. The summed E-state index contributed by atoms with van der Waals surface area (Å²) in [5.41, 5.74) is 0.577. The van der Waals surface area contributed by atoms with Gasteiger partial charge >= 0.3 is 0 Å². The Balaban J connectivity index is 2.33. The second kappa shape index (κ2) is 6.95. The SMILES string of the molecule is COc1cnn(CCN(C)C)c1C(O)c1cc(Br)c(Br)o1. The maximum Gasteiger partial charge on any atom is 0.183 e. The molecule has 2 heterocycles. The van der Waals surface area contributed by atoms with Crippen molar-refractivity contribution in [1.29, 1.82) is 0 Å². The fourth-order valence-corrected chi connectivity index (χ4v) is 2.52. The zero-order chi connectivity index (χ0) is 15.6. The number of rotatable bonds is 6. The molecule has 0 aliphatic carbocycles. The fraction of sp³-hybridized carbons (Fsp3) is 0.462. The molecule has 21 heavy (non-hydrogen) atoms. The van der Waals surface area contributed by atoms with Gasteiger partial charge in [0.2, 0.25) is 0 Å². The molecular formula is C13H17Br2N3O3. The number of aliphatic hydroxyl groups excluding tert-OH is 1. The van der Waals surface area contributed by atoms with E-state index in [9.17, 15) is 5.11 Å². The maximum absolute atomic E-state index is 10.6. The molecule has 0 aliphatic rings. The highest BCUT2D eigenvalue weighted by atomic mass is 79.9. The second-order valence-corrected chi connectivity index (χ2v) is 6.37. The van der Waals surface area contributed by atoms with Crippen LogP contribution >= 0.6 is 31.9 Å². The quantitative estimate of drug-likeness (QED) is 0.775. The molecule has 0 aliphatic heterocycles. The molecule has 1 unspecified atom stereocenters. The Morgan fingerprint density at radius 2 is 2.19 bits per heavy atom. The van der Waals surface area contributed by atoms with Crippen LogP contribution in [0.25, 0.3) is 0 Å². The Kier molecular flexibility index (Phi) is 5.48. The molecule has 1 atom stereocenters. The van der Waals surface area contributed by atoms with Gasteiger partial charge in [0.15, 0.2) is 16.5 Å². The minimum absolute atomic E-state index is 0.415. The van der Waals surface area contributed by atoms with Gasteiger partial charge in [-0.1, -0.05) is 0 Å². The smallest absolute Gasteiger partial charge is 0.183 e. The summed E-state index contributed by atoms with van der Waals surface area (Å²) in [6.45, 7) is 1.45. The predicted molar refractivity (Wildman–Crippen MR) is 85.5 cm³/mol. The van der Waals surface area contributed by atoms with Crippen LogP contribution in [0, 0.1) is 0 Å². The highest BCUT2D eigenvalue weighted by Crippen LogP contribution is 2.35. The van der Waals surface area contributed by atoms with Crippen molar-refractivity contribution in [2.75, 3.05) is 27.7 Å². The molecule has 1 N–H and O–H groups in total. The van der Waals surface area contributed by atoms with Gasteiger partial charge in [0.1, 0.15) is 11.5 Å². The molecule has 2 aromatic heterocycles. The van der Waals surface area contributed by atoms with Gasteiger partial charge in [-0.15, -0.1) is 0 Å². The van der Waals surface area contributed by atoms with Gasteiger partial charge in [0, 0.05) is 6.54 Å². The summed E-state index contributed by atoms with van der Waals surface area (Å²) < 4.78 is 13.8. The van der Waals surface area contributed by atoms with E-state index in [4.69, 9.17) is 9.15 Å². The van der Waals surface area contributed by atoms with Crippen LogP contribution in [-0.2, 0) is 6.54 Å². The summed E-state index contributed by atoms with van der Waals surface area (Å²) in [5.74, 6) is 0.948. The third kappa shape index (κ3) is 3.68. The standard InChI is InChI=1S/C13H17Br2N3O3/c1-17(2)4-5-18-11(10(20-3)7-16-18)12(19)9-6-8(14)13(15)21-9/h6-7,12,19H,4-5H2,1-3H3. The number of methoxy groups -OCH3 is 1. The molecule has 0 amide bonds. The molecule has 0 radical (unpaired) electrons. The zero-order valence-corrected chi connectivity index (χ0v) is 15.2. The third-order valence-corrected chi connectivity index (χ3v) is 4.73. The number of halogens is 2. The number of furan rings is 1. The fourth-order valence-electron chi connectivity index (χ4n) is 1.92. The Morgan fingerprint density at radius 3 is 2.71 bits per heavy atom. The Morgan fingerprint density at radius 1 is 1.48 bits per heavy atom. The summed E-state index contributed by atoms with van der Waals surface area (Å²) in [6, 6.07) is 1.72. The Labute approximate surface area is 139 Å². The van der Waals surface area contributed by atoms with Crippen LogP contribution in [-0.4, -0.2) is 47.5 Å². The summed E-state index contributed by atoms with van der Waals surface area (Å²) >= 11 is 6.61. The number of aromatic nitrogens is 2. The van der Waals surface area contributed by atoms with Gasteiger partial charge < -0.3 is 19.2 Å². The number of likely N-dealkylation sites (N-methyl/N-ethyl adjacent to an activating group) is 1. The van der Waals surface area contributed by atoms with Crippen molar-refractivity contribution in [2.24, 2.45) is 0 Å². The lowest BCUT2D eigenvalue weighted by Crippen LogP contribution is -2.21. The maximum atomic E-state index is 10.6. The topological polar surface area (TPSA) is 63.7 Å². The molecule has 0 bridgehead atoms. The van der Waals surface area contributed by atoms with E-state index in [2.05, 4.69) is 37.0 Å². The molecular weight excluding hydrogens is 406 g/mol. The van der Waals surface area contributed by atoms with Gasteiger partial charge in [0.25, 0.3) is 0 Å². The monoisotopic (exact) mass is 421 g/mol. The largest absolute Gasteiger partial charge is 0.493 e. The minimum atomic E-state index is -0.952. The molecule has 116 valence electrons. The summed E-state index contributed by atoms with van der Waals surface area (Å²) in [7, 11) is 5.52. The summed E-state index contributed by atoms with van der Waals surface area (Å²) in [5, 5.41) is 14.9. The second-order valence-electron chi connectivity index (χ2n) is 4.80. The molecule has 0 spiro atoms. The van der Waals surface area contributed by atoms with Gasteiger partial charge in [-0.05, 0) is 52.0 Å². The molecule has 0 fully saturated rings. The van der Waals surface area contributed by atoms with Crippen molar-refractivity contribution in [1.82, 2.24) is 14.7 Å². The molecule has 0 saturated carbocycles. The minimum Gasteiger partial charge on any atom is -0.493 e. The van der Waals surface area contributed by atoms with E-state index in [1.54, 1.807) is 24.1 Å². The highest BCUT2D eigenvalue weighted by Gasteiger charge is 2.25. The van der Waals surface area contributed by atoms with Crippen molar-refractivity contribution in [3.63, 3.8) is 0 Å². The van der Waals surface area contributed by atoms with Crippen molar-refractivity contribution in [2.45, 2.75) is 12.6 Å². The molecule has 2 rings (SSSR count). The summed E-state index contributed by atoms with van der Waals surface area (Å²) in [6.07, 6.45) is 0.647. The Hall–Kier alpha value is -0.830. The first-order chi connectivity index (χ1) is 9.93. The van der Waals surface area contributed by atoms with Crippen LogP contribution in [0.5, 0.6) is 5.75 Å².